The maximum Gasteiger partial charge on any atom is 0.573 e. The zero-order chi connectivity index (χ0) is 17.0. The molecule has 2 aromatic rings. The number of carbonyl (C=O) groups is 1. The van der Waals surface area contributed by atoms with E-state index in [1.807, 2.05) is 0 Å². The minimum atomic E-state index is -4.74. The fourth-order valence-corrected chi connectivity index (χ4v) is 1.84. The van der Waals surface area contributed by atoms with Gasteiger partial charge in [-0.25, -0.2) is 0 Å². The smallest absolute Gasteiger partial charge is 0.406 e. The number of nitrogens with zero attached hydrogens (tertiary/aromatic N) is 2. The summed E-state index contributed by atoms with van der Waals surface area (Å²) in [6, 6.07) is 4.63. The number of hydrogen-bond acceptors (Lipinski definition) is 5. The second-order valence-corrected chi connectivity index (χ2v) is 4.84. The molecule has 0 spiro atoms. The van der Waals surface area contributed by atoms with Crippen molar-refractivity contribution in [2.75, 3.05) is 0 Å². The summed E-state index contributed by atoms with van der Waals surface area (Å²) in [7, 11) is 0. The predicted octanol–water partition coefficient (Wildman–Crippen LogP) is 2.70. The van der Waals surface area contributed by atoms with Crippen molar-refractivity contribution >= 4 is 5.91 Å². The maximum atomic E-state index is 12.1. The standard InChI is InChI=1S/C14H14F3N3O3/c1-8(13-19-9(2)20-23-13)18-12(21)7-10-3-5-11(6-4-10)22-14(15,16)17/h3-6,8H,7H2,1-2H3,(H,18,21)/t8-/m0/s1. The summed E-state index contributed by atoms with van der Waals surface area (Å²) >= 11 is 0. The number of carbonyl (C=O) groups excluding carboxylic acids is 1. The fraction of sp³-hybridized carbons (Fsp3) is 0.357. The van der Waals surface area contributed by atoms with E-state index < -0.39 is 12.4 Å². The zero-order valence-electron chi connectivity index (χ0n) is 12.3. The normalized spacial score (nSPS) is 12.7. The Balaban J connectivity index is 1.90. The summed E-state index contributed by atoms with van der Waals surface area (Å²) < 4.78 is 44.9. The molecule has 0 radical (unpaired) electrons. The maximum absolute atomic E-state index is 12.1. The van der Waals surface area contributed by atoms with Gasteiger partial charge in [0.2, 0.25) is 11.8 Å². The predicted molar refractivity (Wildman–Crippen MR) is 72.4 cm³/mol. The van der Waals surface area contributed by atoms with E-state index in [2.05, 4.69) is 20.2 Å². The molecule has 23 heavy (non-hydrogen) atoms. The van der Waals surface area contributed by atoms with Crippen molar-refractivity contribution in [2.24, 2.45) is 0 Å². The first-order valence-corrected chi connectivity index (χ1v) is 6.67. The number of aromatic nitrogens is 2. The Kier molecular flexibility index (Phi) is 4.87. The van der Waals surface area contributed by atoms with Crippen LogP contribution in [0.5, 0.6) is 5.75 Å². The van der Waals surface area contributed by atoms with Crippen LogP contribution in [-0.2, 0) is 11.2 Å². The Bertz CT molecular complexity index is 668. The molecule has 1 aromatic carbocycles. The van der Waals surface area contributed by atoms with Gasteiger partial charge in [-0.1, -0.05) is 17.3 Å². The van der Waals surface area contributed by atoms with E-state index in [4.69, 9.17) is 4.52 Å². The van der Waals surface area contributed by atoms with Gasteiger partial charge in [0.05, 0.1) is 6.42 Å². The molecule has 124 valence electrons. The molecule has 0 aliphatic heterocycles. The number of alkyl halides is 3. The van der Waals surface area contributed by atoms with Crippen LogP contribution >= 0.6 is 0 Å². The summed E-state index contributed by atoms with van der Waals surface area (Å²) in [5, 5.41) is 6.29. The highest BCUT2D eigenvalue weighted by atomic mass is 19.4. The molecule has 1 heterocycles. The molecular weight excluding hydrogens is 315 g/mol. The Morgan fingerprint density at radius 2 is 2.00 bits per heavy atom. The van der Waals surface area contributed by atoms with Crippen molar-refractivity contribution < 1.29 is 27.2 Å². The van der Waals surface area contributed by atoms with Gasteiger partial charge in [-0.3, -0.25) is 4.79 Å². The van der Waals surface area contributed by atoms with Gasteiger partial charge in [0.25, 0.3) is 0 Å². The number of hydrogen-bond donors (Lipinski definition) is 1. The van der Waals surface area contributed by atoms with E-state index in [0.29, 0.717) is 11.4 Å². The molecular formula is C14H14F3N3O3. The topological polar surface area (TPSA) is 77.2 Å². The van der Waals surface area contributed by atoms with E-state index in [9.17, 15) is 18.0 Å². The third-order valence-electron chi connectivity index (χ3n) is 2.81. The number of ether oxygens (including phenoxy) is 1. The van der Waals surface area contributed by atoms with Crippen molar-refractivity contribution in [1.82, 2.24) is 15.5 Å². The molecule has 0 unspecified atom stereocenters. The largest absolute Gasteiger partial charge is 0.573 e. The van der Waals surface area contributed by atoms with Crippen LogP contribution in [0.3, 0.4) is 0 Å². The monoisotopic (exact) mass is 329 g/mol. The van der Waals surface area contributed by atoms with Gasteiger partial charge >= 0.3 is 6.36 Å². The average Bonchev–Trinajstić information content (AvgIpc) is 2.86. The van der Waals surface area contributed by atoms with Crippen LogP contribution < -0.4 is 10.1 Å². The molecule has 0 aliphatic rings. The van der Waals surface area contributed by atoms with Crippen molar-refractivity contribution in [3.8, 4) is 5.75 Å². The van der Waals surface area contributed by atoms with Gasteiger partial charge in [0.15, 0.2) is 5.82 Å². The summed E-state index contributed by atoms with van der Waals surface area (Å²) in [6.45, 7) is 3.34. The van der Waals surface area contributed by atoms with Crippen LogP contribution in [0, 0.1) is 6.92 Å². The third kappa shape index (κ3) is 5.28. The Morgan fingerprint density at radius 1 is 1.35 bits per heavy atom. The minimum absolute atomic E-state index is 0.00373. The van der Waals surface area contributed by atoms with Crippen LogP contribution in [-0.4, -0.2) is 22.4 Å². The molecule has 1 atom stereocenters. The number of benzene rings is 1. The molecule has 1 N–H and O–H groups in total. The molecule has 0 saturated heterocycles. The van der Waals surface area contributed by atoms with E-state index in [0.717, 1.165) is 12.1 Å². The van der Waals surface area contributed by atoms with Crippen molar-refractivity contribution in [3.05, 3.63) is 41.5 Å². The lowest BCUT2D eigenvalue weighted by Crippen LogP contribution is -2.28. The lowest BCUT2D eigenvalue weighted by molar-refractivity contribution is -0.274. The minimum Gasteiger partial charge on any atom is -0.406 e. The van der Waals surface area contributed by atoms with Crippen LogP contribution in [0.2, 0.25) is 0 Å². The fourth-order valence-electron chi connectivity index (χ4n) is 1.84. The highest BCUT2D eigenvalue weighted by Gasteiger charge is 2.30. The summed E-state index contributed by atoms with van der Waals surface area (Å²) in [5.74, 6) is 0.0836. The van der Waals surface area contributed by atoms with Crippen molar-refractivity contribution in [1.29, 1.82) is 0 Å². The van der Waals surface area contributed by atoms with E-state index in [1.54, 1.807) is 13.8 Å². The van der Waals surface area contributed by atoms with Crippen LogP contribution in [0.1, 0.15) is 30.2 Å². The Labute approximate surface area is 129 Å². The first-order chi connectivity index (χ1) is 10.7. The van der Waals surface area contributed by atoms with Crippen LogP contribution in [0.4, 0.5) is 13.2 Å². The van der Waals surface area contributed by atoms with Gasteiger partial charge in [-0.05, 0) is 31.5 Å². The van der Waals surface area contributed by atoms with Crippen LogP contribution in [0.25, 0.3) is 0 Å². The van der Waals surface area contributed by atoms with Gasteiger partial charge < -0.3 is 14.6 Å². The number of aryl methyl sites for hydroxylation is 1. The first-order valence-electron chi connectivity index (χ1n) is 6.67. The summed E-state index contributed by atoms with van der Waals surface area (Å²) in [6.07, 6.45) is -4.74. The number of halogens is 3. The molecule has 9 heteroatoms. The van der Waals surface area contributed by atoms with E-state index in [1.165, 1.54) is 12.1 Å². The summed E-state index contributed by atoms with van der Waals surface area (Å²) in [5.41, 5.74) is 0.547. The Hall–Kier alpha value is -2.58. The molecule has 0 saturated carbocycles. The SMILES string of the molecule is Cc1noc([C@H](C)NC(=O)Cc2ccc(OC(F)(F)F)cc2)n1. The second-order valence-electron chi connectivity index (χ2n) is 4.84. The van der Waals surface area contributed by atoms with Gasteiger partial charge in [-0.2, -0.15) is 4.98 Å². The Morgan fingerprint density at radius 3 is 2.52 bits per heavy atom. The zero-order valence-corrected chi connectivity index (χ0v) is 12.3. The number of rotatable bonds is 5. The lowest BCUT2D eigenvalue weighted by atomic mass is 10.1. The molecule has 0 bridgehead atoms. The van der Waals surface area contributed by atoms with Gasteiger partial charge in [-0.15, -0.1) is 13.2 Å². The van der Waals surface area contributed by atoms with Crippen molar-refractivity contribution in [2.45, 2.75) is 32.7 Å². The molecule has 1 aromatic heterocycles. The first kappa shape index (κ1) is 16.8. The average molecular weight is 329 g/mol. The van der Waals surface area contributed by atoms with Crippen molar-refractivity contribution in [3.63, 3.8) is 0 Å². The lowest BCUT2D eigenvalue weighted by Gasteiger charge is -2.11. The highest BCUT2D eigenvalue weighted by Crippen LogP contribution is 2.22. The number of amides is 1. The molecule has 0 aliphatic carbocycles. The van der Waals surface area contributed by atoms with E-state index >= 15 is 0 Å². The number of nitrogens with one attached hydrogen (secondary N) is 1. The summed E-state index contributed by atoms with van der Waals surface area (Å²) in [4.78, 5) is 15.9. The molecule has 6 nitrogen and oxygen atoms in total. The van der Waals surface area contributed by atoms with E-state index in [-0.39, 0.29) is 24.0 Å². The molecule has 1 amide bonds. The second kappa shape index (κ2) is 6.67. The highest BCUT2D eigenvalue weighted by molar-refractivity contribution is 5.78. The van der Waals surface area contributed by atoms with Gasteiger partial charge in [0.1, 0.15) is 11.8 Å². The molecule has 2 rings (SSSR count). The van der Waals surface area contributed by atoms with Crippen LogP contribution in [0.15, 0.2) is 28.8 Å². The molecule has 0 fully saturated rings. The quantitative estimate of drug-likeness (QED) is 0.912. The third-order valence-corrected chi connectivity index (χ3v) is 2.81. The van der Waals surface area contributed by atoms with Gasteiger partial charge in [0, 0.05) is 0 Å².